The highest BCUT2D eigenvalue weighted by molar-refractivity contribution is 5.84. The second kappa shape index (κ2) is 2.44. The van der Waals surface area contributed by atoms with Gasteiger partial charge in [-0.25, -0.2) is 4.39 Å². The molecule has 12 heavy (non-hydrogen) atoms. The number of pyridine rings is 1. The van der Waals surface area contributed by atoms with Gasteiger partial charge in [-0.15, -0.1) is 0 Å². The highest BCUT2D eigenvalue weighted by atomic mass is 19.1. The summed E-state index contributed by atoms with van der Waals surface area (Å²) < 4.78 is 13.0. The van der Waals surface area contributed by atoms with Crippen LogP contribution in [0.2, 0.25) is 0 Å². The summed E-state index contributed by atoms with van der Waals surface area (Å²) in [6.45, 7) is 0. The maximum Gasteiger partial charge on any atom is 0.149 e. The smallest absolute Gasteiger partial charge is 0.149 e. The van der Waals surface area contributed by atoms with Crippen LogP contribution in [0.5, 0.6) is 5.75 Å². The van der Waals surface area contributed by atoms with Gasteiger partial charge in [0.1, 0.15) is 17.1 Å². The molecule has 0 saturated heterocycles. The van der Waals surface area contributed by atoms with Crippen molar-refractivity contribution in [3.8, 4) is 5.75 Å². The molecule has 0 bridgehead atoms. The molecule has 0 fully saturated rings. The number of nitrogens with zero attached hydrogens (tertiary/aromatic N) is 1. The number of phenolic OH excluding ortho intramolecular Hbond substituents is 1. The molecule has 0 aliphatic rings. The van der Waals surface area contributed by atoms with Gasteiger partial charge in [-0.05, 0) is 24.3 Å². The highest BCUT2D eigenvalue weighted by Crippen LogP contribution is 2.24. The summed E-state index contributed by atoms with van der Waals surface area (Å²) in [7, 11) is 0. The Morgan fingerprint density at radius 3 is 2.83 bits per heavy atom. The second-order valence-corrected chi connectivity index (χ2v) is 2.47. The largest absolute Gasteiger partial charge is 0.507 e. The molecule has 3 heteroatoms. The minimum Gasteiger partial charge on any atom is -0.507 e. The van der Waals surface area contributed by atoms with Gasteiger partial charge in [0.2, 0.25) is 0 Å². The Bertz CT molecular complexity index is 387. The molecular formula is C9H6FNO. The molecule has 2 rings (SSSR count). The van der Waals surface area contributed by atoms with Crippen LogP contribution in [-0.4, -0.2) is 10.1 Å². The predicted molar refractivity (Wildman–Crippen MR) is 43.4 cm³/mol. The van der Waals surface area contributed by atoms with Crippen molar-refractivity contribution < 1.29 is 9.50 Å². The monoisotopic (exact) mass is 163 g/mol. The fourth-order valence-corrected chi connectivity index (χ4v) is 1.12. The minimum absolute atomic E-state index is 0.0551. The Kier molecular flexibility index (Phi) is 1.43. The first-order chi connectivity index (χ1) is 5.79. The lowest BCUT2D eigenvalue weighted by atomic mass is 10.2. The molecule has 0 spiro atoms. The van der Waals surface area contributed by atoms with E-state index in [4.69, 9.17) is 0 Å². The van der Waals surface area contributed by atoms with Crippen LogP contribution in [-0.2, 0) is 0 Å². The fourth-order valence-electron chi connectivity index (χ4n) is 1.12. The van der Waals surface area contributed by atoms with E-state index in [1.54, 1.807) is 12.1 Å². The number of fused-ring (bicyclic) bond motifs is 1. The van der Waals surface area contributed by atoms with Gasteiger partial charge in [0.15, 0.2) is 0 Å². The van der Waals surface area contributed by atoms with Gasteiger partial charge in [0.25, 0.3) is 0 Å². The van der Waals surface area contributed by atoms with Crippen molar-refractivity contribution in [3.05, 3.63) is 36.3 Å². The molecule has 1 aromatic heterocycles. The third kappa shape index (κ3) is 0.906. The molecule has 1 aromatic carbocycles. The molecule has 0 saturated carbocycles. The van der Waals surface area contributed by atoms with Gasteiger partial charge in [-0.3, -0.25) is 4.98 Å². The number of hydrogen-bond acceptors (Lipinski definition) is 2. The third-order valence-electron chi connectivity index (χ3n) is 1.70. The number of phenols is 1. The van der Waals surface area contributed by atoms with Crippen LogP contribution in [0.25, 0.3) is 10.9 Å². The standard InChI is InChI=1S/C9H6FNO/c10-7-3-4-8(12)6-2-1-5-11-9(6)7/h1-5,12H. The summed E-state index contributed by atoms with van der Waals surface area (Å²) in [5.41, 5.74) is 0.206. The maximum atomic E-state index is 13.0. The van der Waals surface area contributed by atoms with E-state index in [2.05, 4.69) is 4.98 Å². The highest BCUT2D eigenvalue weighted by Gasteiger charge is 2.03. The van der Waals surface area contributed by atoms with Gasteiger partial charge < -0.3 is 5.11 Å². The average molecular weight is 163 g/mol. The van der Waals surface area contributed by atoms with Crippen LogP contribution in [0.3, 0.4) is 0 Å². The summed E-state index contributed by atoms with van der Waals surface area (Å²) in [6.07, 6.45) is 1.49. The summed E-state index contributed by atoms with van der Waals surface area (Å²) in [5.74, 6) is -0.358. The van der Waals surface area contributed by atoms with Crippen LogP contribution in [0.15, 0.2) is 30.5 Å². The summed E-state index contributed by atoms with van der Waals surface area (Å²) in [4.78, 5) is 3.81. The van der Waals surface area contributed by atoms with Gasteiger partial charge in [-0.2, -0.15) is 0 Å². The van der Waals surface area contributed by atoms with Gasteiger partial charge in [0.05, 0.1) is 0 Å². The van der Waals surface area contributed by atoms with Crippen molar-refractivity contribution >= 4 is 10.9 Å². The number of halogens is 1. The zero-order valence-electron chi connectivity index (χ0n) is 6.16. The van der Waals surface area contributed by atoms with Crippen LogP contribution in [0, 0.1) is 5.82 Å². The number of hydrogen-bond donors (Lipinski definition) is 1. The Labute approximate surface area is 68.3 Å². The Morgan fingerprint density at radius 1 is 1.25 bits per heavy atom. The molecular weight excluding hydrogens is 157 g/mol. The van der Waals surface area contributed by atoms with E-state index in [1.165, 1.54) is 18.3 Å². The molecule has 0 radical (unpaired) electrons. The van der Waals surface area contributed by atoms with Crippen molar-refractivity contribution in [2.24, 2.45) is 0 Å². The number of benzene rings is 1. The molecule has 0 unspecified atom stereocenters. The zero-order valence-corrected chi connectivity index (χ0v) is 6.16. The van der Waals surface area contributed by atoms with Gasteiger partial charge >= 0.3 is 0 Å². The lowest BCUT2D eigenvalue weighted by Gasteiger charge is -1.99. The molecule has 1 heterocycles. The molecule has 0 amide bonds. The van der Waals surface area contributed by atoms with E-state index in [0.29, 0.717) is 5.39 Å². The van der Waals surface area contributed by atoms with E-state index < -0.39 is 5.82 Å². The maximum absolute atomic E-state index is 13.0. The lowest BCUT2D eigenvalue weighted by Crippen LogP contribution is -1.82. The van der Waals surface area contributed by atoms with Gasteiger partial charge in [0, 0.05) is 11.6 Å². The van der Waals surface area contributed by atoms with Crippen LogP contribution in [0.4, 0.5) is 4.39 Å². The van der Waals surface area contributed by atoms with Crippen LogP contribution < -0.4 is 0 Å². The first-order valence-electron chi connectivity index (χ1n) is 3.51. The predicted octanol–water partition coefficient (Wildman–Crippen LogP) is 2.08. The number of aromatic nitrogens is 1. The summed E-state index contributed by atoms with van der Waals surface area (Å²) in [5, 5.41) is 9.73. The number of rotatable bonds is 0. The second-order valence-electron chi connectivity index (χ2n) is 2.47. The van der Waals surface area contributed by atoms with E-state index >= 15 is 0 Å². The molecule has 0 atom stereocenters. The van der Waals surface area contributed by atoms with Crippen molar-refractivity contribution in [1.29, 1.82) is 0 Å². The van der Waals surface area contributed by atoms with E-state index in [9.17, 15) is 9.50 Å². The number of aromatic hydroxyl groups is 1. The average Bonchev–Trinajstić information content (AvgIpc) is 2.12. The first kappa shape index (κ1) is 7.03. The molecule has 1 N–H and O–H groups in total. The minimum atomic E-state index is -0.414. The molecule has 60 valence electrons. The Morgan fingerprint density at radius 2 is 2.08 bits per heavy atom. The fraction of sp³-hybridized carbons (Fsp3) is 0. The summed E-state index contributed by atoms with van der Waals surface area (Å²) in [6, 6.07) is 5.80. The first-order valence-corrected chi connectivity index (χ1v) is 3.51. The van der Waals surface area contributed by atoms with Crippen molar-refractivity contribution in [2.45, 2.75) is 0 Å². The van der Waals surface area contributed by atoms with Crippen molar-refractivity contribution in [1.82, 2.24) is 4.98 Å². The molecule has 2 aromatic rings. The quantitative estimate of drug-likeness (QED) is 0.645. The van der Waals surface area contributed by atoms with Crippen molar-refractivity contribution in [2.75, 3.05) is 0 Å². The van der Waals surface area contributed by atoms with E-state index in [0.717, 1.165) is 0 Å². The molecule has 2 nitrogen and oxygen atoms in total. The van der Waals surface area contributed by atoms with Crippen molar-refractivity contribution in [3.63, 3.8) is 0 Å². The van der Waals surface area contributed by atoms with E-state index in [-0.39, 0.29) is 11.3 Å². The third-order valence-corrected chi connectivity index (χ3v) is 1.70. The van der Waals surface area contributed by atoms with Crippen LogP contribution >= 0.6 is 0 Å². The van der Waals surface area contributed by atoms with Crippen LogP contribution in [0.1, 0.15) is 0 Å². The molecule has 0 aliphatic heterocycles. The molecule has 0 aliphatic carbocycles. The zero-order chi connectivity index (χ0) is 8.55. The lowest BCUT2D eigenvalue weighted by molar-refractivity contribution is 0.480. The Balaban J connectivity index is 2.95. The topological polar surface area (TPSA) is 33.1 Å². The summed E-state index contributed by atoms with van der Waals surface area (Å²) >= 11 is 0. The Hall–Kier alpha value is -1.64. The van der Waals surface area contributed by atoms with E-state index in [1.807, 2.05) is 0 Å². The SMILES string of the molecule is Oc1ccc(F)c2ncccc12. The van der Waals surface area contributed by atoms with Gasteiger partial charge in [-0.1, -0.05) is 0 Å². The normalized spacial score (nSPS) is 10.4.